The number of nitriles is 1. The first-order valence-electron chi connectivity index (χ1n) is 15.2. The zero-order chi connectivity index (χ0) is 31.5. The van der Waals surface area contributed by atoms with Crippen LogP contribution in [0.4, 0.5) is 5.82 Å². The Morgan fingerprint density at radius 1 is 0.891 bits per heavy atom. The summed E-state index contributed by atoms with van der Waals surface area (Å²) in [6, 6.07) is 31.7. The number of carbonyl (C=O) groups is 1. The van der Waals surface area contributed by atoms with Crippen LogP contribution in [0.15, 0.2) is 103 Å². The van der Waals surface area contributed by atoms with E-state index in [0.29, 0.717) is 11.6 Å². The lowest BCUT2D eigenvalue weighted by Crippen LogP contribution is -2.44. The zero-order valence-corrected chi connectivity index (χ0v) is 25.0. The molecule has 0 bridgehead atoms. The third-order valence-electron chi connectivity index (χ3n) is 8.32. The molecule has 1 aliphatic rings. The third kappa shape index (κ3) is 5.79. The van der Waals surface area contributed by atoms with Gasteiger partial charge in [-0.3, -0.25) is 14.3 Å². The summed E-state index contributed by atoms with van der Waals surface area (Å²) in [5.74, 6) is 0.794. The number of rotatable bonds is 7. The van der Waals surface area contributed by atoms with Gasteiger partial charge in [-0.05, 0) is 66.9 Å². The molecule has 1 aliphatic heterocycles. The monoisotopic (exact) mass is 605 g/mol. The Hall–Kier alpha value is -5.92. The van der Waals surface area contributed by atoms with E-state index in [0.717, 1.165) is 66.1 Å². The second-order valence-electron chi connectivity index (χ2n) is 11.3. The van der Waals surface area contributed by atoms with Crippen LogP contribution >= 0.6 is 0 Å². The second-order valence-corrected chi connectivity index (χ2v) is 11.3. The Morgan fingerprint density at radius 2 is 1.65 bits per heavy atom. The topological polar surface area (TPSA) is 139 Å². The van der Waals surface area contributed by atoms with E-state index in [1.165, 1.54) is 11.8 Å². The van der Waals surface area contributed by atoms with Crippen molar-refractivity contribution in [3.63, 3.8) is 0 Å². The molecule has 0 radical (unpaired) electrons. The first-order chi connectivity index (χ1) is 22.6. The van der Waals surface area contributed by atoms with E-state index in [2.05, 4.69) is 44.5 Å². The van der Waals surface area contributed by atoms with Crippen molar-refractivity contribution >= 4 is 22.9 Å². The number of carbonyl (C=O) groups excluding carboxylic acids is 1. The molecule has 1 saturated heterocycles. The number of benzene rings is 2. The fourth-order valence-corrected chi connectivity index (χ4v) is 5.93. The number of hydrogen-bond acceptors (Lipinski definition) is 8. The van der Waals surface area contributed by atoms with Crippen molar-refractivity contribution in [1.29, 1.82) is 5.26 Å². The van der Waals surface area contributed by atoms with Crippen molar-refractivity contribution in [3.8, 4) is 34.4 Å². The average Bonchev–Trinajstić information content (AvgIpc) is 3.48. The molecule has 1 amide bonds. The number of nitrogens with zero attached hydrogens (tertiary/aromatic N) is 7. The molecule has 226 valence electrons. The predicted octanol–water partition coefficient (Wildman–Crippen LogP) is 5.39. The fraction of sp³-hybridized carbons (Fsp3) is 0.167. The van der Waals surface area contributed by atoms with Crippen molar-refractivity contribution in [2.45, 2.75) is 25.4 Å². The highest BCUT2D eigenvalue weighted by Gasteiger charge is 2.23. The quantitative estimate of drug-likeness (QED) is 0.247. The zero-order valence-electron chi connectivity index (χ0n) is 25.0. The van der Waals surface area contributed by atoms with Gasteiger partial charge in [0.15, 0.2) is 11.5 Å². The van der Waals surface area contributed by atoms with Gasteiger partial charge < -0.3 is 11.1 Å². The molecule has 6 aromatic rings. The predicted molar refractivity (Wildman–Crippen MR) is 177 cm³/mol. The van der Waals surface area contributed by atoms with Gasteiger partial charge in [-0.2, -0.15) is 5.26 Å². The molecule has 1 fully saturated rings. The number of amides is 1. The highest BCUT2D eigenvalue weighted by molar-refractivity contribution is 5.94. The van der Waals surface area contributed by atoms with Crippen LogP contribution in [0.3, 0.4) is 0 Å². The average molecular weight is 606 g/mol. The number of imidazole rings is 1. The lowest BCUT2D eigenvalue weighted by atomic mass is 10.0. The molecule has 7 rings (SSSR count). The Kier molecular flexibility index (Phi) is 7.89. The van der Waals surface area contributed by atoms with E-state index in [1.54, 1.807) is 18.3 Å². The lowest BCUT2D eigenvalue weighted by Gasteiger charge is -2.32. The standard InChI is InChI=1S/C36H31N9O/c37-22-26-8-4-18-39-32(26)36(46)41-27-16-20-44(21-17-27)23-24-10-12-28(13-11-24)45-34(29-9-5-19-40-33(29)38)43-31-15-14-30(42-35(31)45)25-6-2-1-3-7-25/h1-15,18-19,27H,16-17,20-21,23H2,(H2,38,40)(H,41,46). The van der Waals surface area contributed by atoms with Crippen LogP contribution in [0.25, 0.3) is 39.5 Å². The Labute approximate surface area is 266 Å². The van der Waals surface area contributed by atoms with Gasteiger partial charge >= 0.3 is 0 Å². The van der Waals surface area contributed by atoms with Gasteiger partial charge in [-0.1, -0.05) is 42.5 Å². The molecule has 10 nitrogen and oxygen atoms in total. The summed E-state index contributed by atoms with van der Waals surface area (Å²) in [6.07, 6.45) is 4.86. The van der Waals surface area contributed by atoms with Crippen LogP contribution in [-0.4, -0.2) is 54.4 Å². The van der Waals surface area contributed by atoms with Crippen LogP contribution in [-0.2, 0) is 6.54 Å². The van der Waals surface area contributed by atoms with E-state index in [-0.39, 0.29) is 23.2 Å². The van der Waals surface area contributed by atoms with Gasteiger partial charge in [0.2, 0.25) is 0 Å². The minimum atomic E-state index is -0.295. The van der Waals surface area contributed by atoms with E-state index in [4.69, 9.17) is 15.7 Å². The normalized spacial score (nSPS) is 13.8. The lowest BCUT2D eigenvalue weighted by molar-refractivity contribution is 0.0903. The summed E-state index contributed by atoms with van der Waals surface area (Å²) in [7, 11) is 0. The molecule has 0 spiro atoms. The van der Waals surface area contributed by atoms with Crippen molar-refractivity contribution in [3.05, 3.63) is 120 Å². The summed E-state index contributed by atoms with van der Waals surface area (Å²) in [5, 5.41) is 12.4. The van der Waals surface area contributed by atoms with Crippen molar-refractivity contribution in [2.75, 3.05) is 18.8 Å². The van der Waals surface area contributed by atoms with Gasteiger partial charge in [0.1, 0.15) is 23.1 Å². The summed E-state index contributed by atoms with van der Waals surface area (Å²) in [4.78, 5) is 33.5. The van der Waals surface area contributed by atoms with Crippen LogP contribution in [0.5, 0.6) is 0 Å². The molecular formula is C36H31N9O. The van der Waals surface area contributed by atoms with Gasteiger partial charge in [-0.25, -0.2) is 19.9 Å². The molecule has 46 heavy (non-hydrogen) atoms. The second kappa shape index (κ2) is 12.6. The molecule has 5 heterocycles. The molecule has 10 heteroatoms. The van der Waals surface area contributed by atoms with Gasteiger partial charge in [-0.15, -0.1) is 0 Å². The smallest absolute Gasteiger partial charge is 0.271 e. The molecule has 0 saturated carbocycles. The van der Waals surface area contributed by atoms with Crippen molar-refractivity contribution < 1.29 is 4.79 Å². The van der Waals surface area contributed by atoms with E-state index < -0.39 is 0 Å². The Morgan fingerprint density at radius 3 is 2.41 bits per heavy atom. The number of aromatic nitrogens is 5. The Bertz CT molecular complexity index is 2060. The maximum atomic E-state index is 12.7. The number of fused-ring (bicyclic) bond motifs is 1. The van der Waals surface area contributed by atoms with Gasteiger partial charge in [0.25, 0.3) is 5.91 Å². The summed E-state index contributed by atoms with van der Waals surface area (Å²) in [6.45, 7) is 2.49. The molecule has 4 aromatic heterocycles. The van der Waals surface area contributed by atoms with E-state index >= 15 is 0 Å². The molecule has 0 atom stereocenters. The number of hydrogen-bond donors (Lipinski definition) is 2. The van der Waals surface area contributed by atoms with Crippen LogP contribution in [0.2, 0.25) is 0 Å². The molecule has 2 aromatic carbocycles. The number of nitrogens with two attached hydrogens (primary N) is 1. The van der Waals surface area contributed by atoms with E-state index in [9.17, 15) is 10.1 Å². The molecular weight excluding hydrogens is 574 g/mol. The highest BCUT2D eigenvalue weighted by atomic mass is 16.2. The summed E-state index contributed by atoms with van der Waals surface area (Å²) in [5.41, 5.74) is 13.0. The highest BCUT2D eigenvalue weighted by Crippen LogP contribution is 2.32. The number of piperidine rings is 1. The minimum absolute atomic E-state index is 0.0424. The van der Waals surface area contributed by atoms with Crippen LogP contribution < -0.4 is 11.1 Å². The van der Waals surface area contributed by atoms with Gasteiger partial charge in [0, 0.05) is 49.3 Å². The fourth-order valence-electron chi connectivity index (χ4n) is 5.93. The van der Waals surface area contributed by atoms with Crippen molar-refractivity contribution in [1.82, 2.24) is 34.7 Å². The third-order valence-corrected chi connectivity index (χ3v) is 8.32. The number of nitrogen functional groups attached to an aromatic ring is 1. The van der Waals surface area contributed by atoms with Crippen LogP contribution in [0, 0.1) is 11.3 Å². The van der Waals surface area contributed by atoms with E-state index in [1.807, 2.05) is 65.2 Å². The largest absolute Gasteiger partial charge is 0.383 e. The first kappa shape index (κ1) is 28.8. The maximum absolute atomic E-state index is 12.7. The first-order valence-corrected chi connectivity index (χ1v) is 15.2. The van der Waals surface area contributed by atoms with Gasteiger partial charge in [0.05, 0.1) is 16.8 Å². The maximum Gasteiger partial charge on any atom is 0.271 e. The van der Waals surface area contributed by atoms with Crippen LogP contribution in [0.1, 0.15) is 34.5 Å². The number of likely N-dealkylation sites (tertiary alicyclic amines) is 1. The number of anilines is 1. The minimum Gasteiger partial charge on any atom is -0.383 e. The Balaban J connectivity index is 1.10. The SMILES string of the molecule is N#Cc1cccnc1C(=O)NC1CCN(Cc2ccc(-n3c(-c4cccnc4N)nc4ccc(-c5ccccc5)nc43)cc2)CC1. The van der Waals surface area contributed by atoms with Crippen molar-refractivity contribution in [2.24, 2.45) is 0 Å². The summed E-state index contributed by atoms with van der Waals surface area (Å²) >= 11 is 0. The number of nitrogens with one attached hydrogen (secondary N) is 1. The summed E-state index contributed by atoms with van der Waals surface area (Å²) < 4.78 is 2.05. The number of pyridine rings is 3. The molecule has 0 unspecified atom stereocenters. The molecule has 3 N–H and O–H groups in total. The molecule has 0 aliphatic carbocycles.